The largest absolute Gasteiger partial charge is 0.350 e. The average Bonchev–Trinajstić information content (AvgIpc) is 3.04. The van der Waals surface area contributed by atoms with Gasteiger partial charge < -0.3 is 4.74 Å². The van der Waals surface area contributed by atoms with Crippen molar-refractivity contribution >= 4 is 10.0 Å². The maximum absolute atomic E-state index is 13.3. The summed E-state index contributed by atoms with van der Waals surface area (Å²) in [5.74, 6) is 0. The lowest BCUT2D eigenvalue weighted by Gasteiger charge is -2.34. The van der Waals surface area contributed by atoms with Gasteiger partial charge in [-0.3, -0.25) is 0 Å². The zero-order chi connectivity index (χ0) is 18.1. The number of rotatable bonds is 5. The zero-order valence-corrected chi connectivity index (χ0v) is 15.8. The molecule has 1 saturated heterocycles. The second kappa shape index (κ2) is 6.90. The van der Waals surface area contributed by atoms with Crippen LogP contribution in [0.5, 0.6) is 0 Å². The quantitative estimate of drug-likeness (QED) is 0.801. The normalized spacial score (nSPS) is 20.7. The number of aryl methyl sites for hydroxylation is 1. The Morgan fingerprint density at radius 3 is 2.20 bits per heavy atom. The first-order valence-corrected chi connectivity index (χ1v) is 10.2. The lowest BCUT2D eigenvalue weighted by atomic mass is 10.1. The molecule has 0 bridgehead atoms. The standard InChI is InChI=1S/C20H25NO3S/c1-4-20(5-2)21(15-19(24-20)17-9-7-6-8-10-17)25(22,23)18-13-11-16(3)12-14-18/h6-14,19H,4-5,15H2,1-3H3. The van der Waals surface area contributed by atoms with E-state index in [4.69, 9.17) is 4.74 Å². The molecule has 2 aromatic rings. The van der Waals surface area contributed by atoms with Crippen molar-refractivity contribution < 1.29 is 13.2 Å². The molecule has 1 unspecified atom stereocenters. The summed E-state index contributed by atoms with van der Waals surface area (Å²) < 4.78 is 34.5. The Kier molecular flexibility index (Phi) is 5.00. The fourth-order valence-corrected chi connectivity index (χ4v) is 5.25. The van der Waals surface area contributed by atoms with Gasteiger partial charge in [-0.25, -0.2) is 8.42 Å². The van der Waals surface area contributed by atoms with Crippen LogP contribution in [0.1, 0.15) is 43.9 Å². The van der Waals surface area contributed by atoms with Crippen molar-refractivity contribution in [3.8, 4) is 0 Å². The van der Waals surface area contributed by atoms with E-state index in [1.165, 1.54) is 0 Å². The second-order valence-electron chi connectivity index (χ2n) is 6.52. The highest BCUT2D eigenvalue weighted by molar-refractivity contribution is 7.89. The Morgan fingerprint density at radius 2 is 1.64 bits per heavy atom. The number of ether oxygens (including phenoxy) is 1. The highest BCUT2D eigenvalue weighted by Gasteiger charge is 2.50. The fourth-order valence-electron chi connectivity index (χ4n) is 3.44. The van der Waals surface area contributed by atoms with Crippen molar-refractivity contribution in [2.75, 3.05) is 6.54 Å². The number of nitrogens with zero attached hydrogens (tertiary/aromatic N) is 1. The van der Waals surface area contributed by atoms with Gasteiger partial charge in [0.05, 0.1) is 11.0 Å². The highest BCUT2D eigenvalue weighted by atomic mass is 32.2. The Balaban J connectivity index is 2.01. The van der Waals surface area contributed by atoms with E-state index in [0.717, 1.165) is 11.1 Å². The molecule has 4 nitrogen and oxygen atoms in total. The summed E-state index contributed by atoms with van der Waals surface area (Å²) in [7, 11) is -3.62. The van der Waals surface area contributed by atoms with Crippen molar-refractivity contribution in [1.82, 2.24) is 4.31 Å². The maximum Gasteiger partial charge on any atom is 0.245 e. The second-order valence-corrected chi connectivity index (χ2v) is 8.38. The van der Waals surface area contributed by atoms with Gasteiger partial charge in [0.2, 0.25) is 10.0 Å². The van der Waals surface area contributed by atoms with Crippen LogP contribution in [0.2, 0.25) is 0 Å². The number of hydrogen-bond donors (Lipinski definition) is 0. The van der Waals surface area contributed by atoms with E-state index >= 15 is 0 Å². The molecule has 1 aliphatic rings. The number of hydrogen-bond acceptors (Lipinski definition) is 3. The summed E-state index contributed by atoms with van der Waals surface area (Å²) in [6, 6.07) is 16.9. The molecule has 0 aromatic heterocycles. The Labute approximate surface area is 150 Å². The zero-order valence-electron chi connectivity index (χ0n) is 15.0. The number of benzene rings is 2. The predicted molar refractivity (Wildman–Crippen MR) is 98.7 cm³/mol. The van der Waals surface area contributed by atoms with Crippen LogP contribution in [-0.2, 0) is 14.8 Å². The monoisotopic (exact) mass is 359 g/mol. The minimum atomic E-state index is -3.62. The SMILES string of the molecule is CCC1(CC)OC(c2ccccc2)CN1S(=O)(=O)c1ccc(C)cc1. The van der Waals surface area contributed by atoms with E-state index in [1.54, 1.807) is 16.4 Å². The molecule has 1 aliphatic heterocycles. The van der Waals surface area contributed by atoms with E-state index in [1.807, 2.05) is 63.2 Å². The van der Waals surface area contributed by atoms with Gasteiger partial charge in [0.25, 0.3) is 0 Å². The van der Waals surface area contributed by atoms with Gasteiger partial charge in [-0.2, -0.15) is 4.31 Å². The highest BCUT2D eigenvalue weighted by Crippen LogP contribution is 2.43. The van der Waals surface area contributed by atoms with Crippen molar-refractivity contribution in [3.63, 3.8) is 0 Å². The Bertz CT molecular complexity index is 812. The first-order chi connectivity index (χ1) is 11.9. The molecule has 0 radical (unpaired) electrons. The van der Waals surface area contributed by atoms with Crippen LogP contribution in [0.25, 0.3) is 0 Å². The third-order valence-corrected chi connectivity index (χ3v) is 6.96. The topological polar surface area (TPSA) is 46.6 Å². The van der Waals surface area contributed by atoms with Crippen LogP contribution >= 0.6 is 0 Å². The molecule has 0 spiro atoms. The fraction of sp³-hybridized carbons (Fsp3) is 0.400. The third kappa shape index (κ3) is 3.24. The summed E-state index contributed by atoms with van der Waals surface area (Å²) in [4.78, 5) is 0.321. The van der Waals surface area contributed by atoms with Gasteiger partial charge in [0.15, 0.2) is 0 Å². The van der Waals surface area contributed by atoms with Crippen molar-refractivity contribution in [1.29, 1.82) is 0 Å². The van der Waals surface area contributed by atoms with Crippen molar-refractivity contribution in [3.05, 3.63) is 65.7 Å². The average molecular weight is 359 g/mol. The molecule has 1 heterocycles. The van der Waals surface area contributed by atoms with E-state index < -0.39 is 15.7 Å². The summed E-state index contributed by atoms with van der Waals surface area (Å²) in [6.45, 7) is 6.24. The summed E-state index contributed by atoms with van der Waals surface area (Å²) in [5.41, 5.74) is 1.25. The Hall–Kier alpha value is -1.69. The first kappa shape index (κ1) is 18.1. The summed E-state index contributed by atoms with van der Waals surface area (Å²) in [6.07, 6.45) is 0.969. The lowest BCUT2D eigenvalue weighted by Crippen LogP contribution is -2.47. The van der Waals surface area contributed by atoms with E-state index in [2.05, 4.69) is 0 Å². The van der Waals surface area contributed by atoms with Gasteiger partial charge in [-0.1, -0.05) is 61.9 Å². The molecule has 0 amide bonds. The third-order valence-electron chi connectivity index (χ3n) is 5.03. The van der Waals surface area contributed by atoms with Crippen LogP contribution in [0.4, 0.5) is 0 Å². The molecule has 1 fully saturated rings. The van der Waals surface area contributed by atoms with Crippen molar-refractivity contribution in [2.45, 2.75) is 50.3 Å². The van der Waals surface area contributed by atoms with Gasteiger partial charge in [0, 0.05) is 6.54 Å². The van der Waals surface area contributed by atoms with Crippen LogP contribution in [0.15, 0.2) is 59.5 Å². The van der Waals surface area contributed by atoms with Crippen LogP contribution in [0, 0.1) is 6.92 Å². The molecule has 0 saturated carbocycles. The first-order valence-electron chi connectivity index (χ1n) is 8.75. The van der Waals surface area contributed by atoms with E-state index in [-0.39, 0.29) is 6.10 Å². The maximum atomic E-state index is 13.3. The molecular formula is C20H25NO3S. The molecule has 25 heavy (non-hydrogen) atoms. The molecule has 0 N–H and O–H groups in total. The predicted octanol–water partition coefficient (Wildman–Crippen LogP) is 4.27. The smallest absolute Gasteiger partial charge is 0.245 e. The van der Waals surface area contributed by atoms with Gasteiger partial charge in [0.1, 0.15) is 5.72 Å². The minimum absolute atomic E-state index is 0.249. The van der Waals surface area contributed by atoms with Gasteiger partial charge in [-0.15, -0.1) is 0 Å². The Morgan fingerprint density at radius 1 is 1.04 bits per heavy atom. The summed E-state index contributed by atoms with van der Waals surface area (Å²) >= 11 is 0. The minimum Gasteiger partial charge on any atom is -0.350 e. The molecule has 0 aliphatic carbocycles. The van der Waals surface area contributed by atoms with Crippen LogP contribution in [-0.4, -0.2) is 25.0 Å². The summed E-state index contributed by atoms with van der Waals surface area (Å²) in [5, 5.41) is 0. The van der Waals surface area contributed by atoms with Gasteiger partial charge in [-0.05, 0) is 37.5 Å². The molecule has 5 heteroatoms. The molecular weight excluding hydrogens is 334 g/mol. The van der Waals surface area contributed by atoms with Crippen molar-refractivity contribution in [2.24, 2.45) is 0 Å². The van der Waals surface area contributed by atoms with Crippen LogP contribution < -0.4 is 0 Å². The molecule has 1 atom stereocenters. The van der Waals surface area contributed by atoms with Gasteiger partial charge >= 0.3 is 0 Å². The van der Waals surface area contributed by atoms with E-state index in [9.17, 15) is 8.42 Å². The lowest BCUT2D eigenvalue weighted by molar-refractivity contribution is -0.0850. The molecule has 2 aromatic carbocycles. The van der Waals surface area contributed by atoms with Crippen LogP contribution in [0.3, 0.4) is 0 Å². The molecule has 134 valence electrons. The number of sulfonamides is 1. The molecule has 3 rings (SSSR count). The van der Waals surface area contributed by atoms with E-state index in [0.29, 0.717) is 24.3 Å².